The smallest absolute Gasteiger partial charge is 0.409 e. The summed E-state index contributed by atoms with van der Waals surface area (Å²) in [5.74, 6) is 0.458. The molecule has 0 aromatic heterocycles. The number of carbonyl (C=O) groups is 1. The predicted octanol–water partition coefficient (Wildman–Crippen LogP) is 2.12. The van der Waals surface area contributed by atoms with Gasteiger partial charge in [0.05, 0.1) is 6.61 Å². The number of carbonyl (C=O) groups excluding carboxylic acids is 1. The van der Waals surface area contributed by atoms with E-state index in [9.17, 15) is 4.79 Å². The maximum Gasteiger partial charge on any atom is 0.409 e. The molecule has 0 radical (unpaired) electrons. The molecule has 72 valence electrons. The zero-order valence-electron chi connectivity index (χ0n) is 8.63. The van der Waals surface area contributed by atoms with E-state index in [4.69, 9.17) is 4.74 Å². The largest absolute Gasteiger partial charge is 0.450 e. The fourth-order valence-electron chi connectivity index (χ4n) is 0.839. The van der Waals surface area contributed by atoms with Crippen molar-refractivity contribution in [1.29, 1.82) is 0 Å². The third-order valence-corrected chi connectivity index (χ3v) is 2.13. The van der Waals surface area contributed by atoms with Gasteiger partial charge in [-0.25, -0.2) is 4.79 Å². The highest BCUT2D eigenvalue weighted by Crippen LogP contribution is 2.08. The quantitative estimate of drug-likeness (QED) is 0.654. The molecule has 0 aromatic carbocycles. The van der Waals surface area contributed by atoms with Crippen LogP contribution in [-0.4, -0.2) is 30.7 Å². The van der Waals surface area contributed by atoms with E-state index in [1.165, 1.54) is 0 Å². The molecule has 0 N–H and O–H groups in total. The molecule has 12 heavy (non-hydrogen) atoms. The van der Waals surface area contributed by atoms with Crippen molar-refractivity contribution >= 4 is 6.09 Å². The first kappa shape index (κ1) is 11.3. The summed E-state index contributed by atoms with van der Waals surface area (Å²) in [7, 11) is 1.77. The van der Waals surface area contributed by atoms with Gasteiger partial charge in [0.1, 0.15) is 0 Å². The Morgan fingerprint density at radius 3 is 2.25 bits per heavy atom. The molecule has 1 atom stereocenters. The molecule has 0 saturated carbocycles. The van der Waals surface area contributed by atoms with Crippen molar-refractivity contribution in [3.63, 3.8) is 0 Å². The minimum Gasteiger partial charge on any atom is -0.450 e. The first-order valence-electron chi connectivity index (χ1n) is 4.40. The number of amides is 1. The third kappa shape index (κ3) is 3.11. The van der Waals surface area contributed by atoms with Crippen molar-refractivity contribution in [3.05, 3.63) is 0 Å². The van der Waals surface area contributed by atoms with Crippen molar-refractivity contribution in [2.24, 2.45) is 5.92 Å². The summed E-state index contributed by atoms with van der Waals surface area (Å²) in [6, 6.07) is 0.226. The fourth-order valence-corrected chi connectivity index (χ4v) is 0.839. The molecular weight excluding hydrogens is 154 g/mol. The Morgan fingerprint density at radius 2 is 1.92 bits per heavy atom. The highest BCUT2D eigenvalue weighted by atomic mass is 16.6. The standard InChI is InChI=1S/C9H19NO2/c1-6-12-9(11)10(5)8(4)7(2)3/h7-8H,6H2,1-5H3. The highest BCUT2D eigenvalue weighted by Gasteiger charge is 2.18. The lowest BCUT2D eigenvalue weighted by molar-refractivity contribution is 0.0958. The molecule has 0 aliphatic rings. The summed E-state index contributed by atoms with van der Waals surface area (Å²) in [6.07, 6.45) is -0.237. The van der Waals surface area contributed by atoms with E-state index in [0.717, 1.165) is 0 Å². The average Bonchev–Trinajstić information content (AvgIpc) is 2.02. The lowest BCUT2D eigenvalue weighted by Gasteiger charge is -2.26. The maximum absolute atomic E-state index is 11.2. The van der Waals surface area contributed by atoms with Crippen LogP contribution in [0.3, 0.4) is 0 Å². The lowest BCUT2D eigenvalue weighted by Crippen LogP contribution is -2.38. The SMILES string of the molecule is CCOC(=O)N(C)C(C)C(C)C. The van der Waals surface area contributed by atoms with Crippen LogP contribution in [0, 0.1) is 5.92 Å². The first-order chi connectivity index (χ1) is 5.50. The van der Waals surface area contributed by atoms with Crippen molar-refractivity contribution in [2.45, 2.75) is 33.7 Å². The van der Waals surface area contributed by atoms with E-state index in [0.29, 0.717) is 12.5 Å². The van der Waals surface area contributed by atoms with Crippen LogP contribution in [0.25, 0.3) is 0 Å². The summed E-state index contributed by atoms with van der Waals surface area (Å²) in [6.45, 7) is 8.43. The second-order valence-corrected chi connectivity index (χ2v) is 3.29. The van der Waals surface area contributed by atoms with Gasteiger partial charge in [0.25, 0.3) is 0 Å². The van der Waals surface area contributed by atoms with E-state index >= 15 is 0 Å². The van der Waals surface area contributed by atoms with Gasteiger partial charge in [0.2, 0.25) is 0 Å². The molecule has 3 heteroatoms. The monoisotopic (exact) mass is 173 g/mol. The Hall–Kier alpha value is -0.730. The Bertz CT molecular complexity index is 145. The number of rotatable bonds is 3. The topological polar surface area (TPSA) is 29.5 Å². The van der Waals surface area contributed by atoms with Crippen LogP contribution in [0.5, 0.6) is 0 Å². The van der Waals surface area contributed by atoms with Gasteiger partial charge in [0.15, 0.2) is 0 Å². The van der Waals surface area contributed by atoms with Crippen LogP contribution >= 0.6 is 0 Å². The number of hydrogen-bond acceptors (Lipinski definition) is 2. The van der Waals surface area contributed by atoms with Crippen LogP contribution in [-0.2, 0) is 4.74 Å². The van der Waals surface area contributed by atoms with Gasteiger partial charge < -0.3 is 9.64 Å². The molecule has 0 aromatic rings. The minimum absolute atomic E-state index is 0.226. The lowest BCUT2D eigenvalue weighted by atomic mass is 10.1. The normalized spacial score (nSPS) is 12.8. The molecule has 0 fully saturated rings. The maximum atomic E-state index is 11.2. The Labute approximate surface area is 74.7 Å². The van der Waals surface area contributed by atoms with Crippen molar-refractivity contribution in [1.82, 2.24) is 4.90 Å². The summed E-state index contributed by atoms with van der Waals surface area (Å²) >= 11 is 0. The fraction of sp³-hybridized carbons (Fsp3) is 0.889. The average molecular weight is 173 g/mol. The highest BCUT2D eigenvalue weighted by molar-refractivity contribution is 5.67. The number of ether oxygens (including phenoxy) is 1. The molecule has 0 saturated heterocycles. The van der Waals surface area contributed by atoms with E-state index in [2.05, 4.69) is 13.8 Å². The second-order valence-electron chi connectivity index (χ2n) is 3.29. The molecule has 0 aliphatic heterocycles. The molecule has 0 bridgehead atoms. The van der Waals surface area contributed by atoms with Crippen LogP contribution in [0.4, 0.5) is 4.79 Å². The van der Waals surface area contributed by atoms with Gasteiger partial charge in [-0.05, 0) is 19.8 Å². The molecule has 0 rings (SSSR count). The molecular formula is C9H19NO2. The minimum atomic E-state index is -0.237. The zero-order chi connectivity index (χ0) is 9.72. The van der Waals surface area contributed by atoms with Crippen LogP contribution < -0.4 is 0 Å². The van der Waals surface area contributed by atoms with Crippen LogP contribution in [0.15, 0.2) is 0 Å². The van der Waals surface area contributed by atoms with Gasteiger partial charge in [-0.1, -0.05) is 13.8 Å². The zero-order valence-corrected chi connectivity index (χ0v) is 8.63. The van der Waals surface area contributed by atoms with Gasteiger partial charge >= 0.3 is 6.09 Å². The summed E-state index contributed by atoms with van der Waals surface area (Å²) in [5, 5.41) is 0. The van der Waals surface area contributed by atoms with Crippen molar-refractivity contribution < 1.29 is 9.53 Å². The van der Waals surface area contributed by atoms with Gasteiger partial charge in [-0.2, -0.15) is 0 Å². The molecule has 1 unspecified atom stereocenters. The van der Waals surface area contributed by atoms with E-state index < -0.39 is 0 Å². The molecule has 0 spiro atoms. The summed E-state index contributed by atoms with van der Waals surface area (Å²) < 4.78 is 4.86. The van der Waals surface area contributed by atoms with Gasteiger partial charge in [-0.15, -0.1) is 0 Å². The Kier molecular flexibility index (Phi) is 4.71. The van der Waals surface area contributed by atoms with E-state index in [-0.39, 0.29) is 12.1 Å². The van der Waals surface area contributed by atoms with Crippen molar-refractivity contribution in [3.8, 4) is 0 Å². The van der Waals surface area contributed by atoms with Gasteiger partial charge in [0, 0.05) is 13.1 Å². The van der Waals surface area contributed by atoms with E-state index in [1.807, 2.05) is 13.8 Å². The molecule has 1 amide bonds. The van der Waals surface area contributed by atoms with Gasteiger partial charge in [-0.3, -0.25) is 0 Å². The summed E-state index contributed by atoms with van der Waals surface area (Å²) in [5.41, 5.74) is 0. The van der Waals surface area contributed by atoms with Crippen molar-refractivity contribution in [2.75, 3.05) is 13.7 Å². The van der Waals surface area contributed by atoms with Crippen LogP contribution in [0.1, 0.15) is 27.7 Å². The first-order valence-corrected chi connectivity index (χ1v) is 4.40. The molecule has 3 nitrogen and oxygen atoms in total. The second kappa shape index (κ2) is 5.01. The Morgan fingerprint density at radius 1 is 1.42 bits per heavy atom. The predicted molar refractivity (Wildman–Crippen MR) is 49.1 cm³/mol. The van der Waals surface area contributed by atoms with E-state index in [1.54, 1.807) is 11.9 Å². The molecule has 0 heterocycles. The van der Waals surface area contributed by atoms with Crippen LogP contribution in [0.2, 0.25) is 0 Å². The number of hydrogen-bond donors (Lipinski definition) is 0. The molecule has 0 aliphatic carbocycles. The third-order valence-electron chi connectivity index (χ3n) is 2.13. The summed E-state index contributed by atoms with van der Waals surface area (Å²) in [4.78, 5) is 12.8. The number of nitrogens with zero attached hydrogens (tertiary/aromatic N) is 1. The Balaban J connectivity index is 4.00.